The van der Waals surface area contributed by atoms with Crippen molar-refractivity contribution in [3.05, 3.63) is 46.5 Å². The first kappa shape index (κ1) is 22.2. The highest BCUT2D eigenvalue weighted by molar-refractivity contribution is 6.07. The summed E-state index contributed by atoms with van der Waals surface area (Å²) in [6.07, 6.45) is 5.06. The number of carbonyl (C=O) groups is 2. The van der Waals surface area contributed by atoms with Gasteiger partial charge in [0.25, 0.3) is 5.91 Å². The van der Waals surface area contributed by atoms with Crippen LogP contribution in [0.1, 0.15) is 63.9 Å². The molecule has 6 heteroatoms. The van der Waals surface area contributed by atoms with Crippen LogP contribution in [-0.2, 0) is 6.42 Å². The fraction of sp³-hybridized carbons (Fsp3) is 0.423. The third-order valence-corrected chi connectivity index (χ3v) is 6.71. The number of likely N-dealkylation sites (N-methyl/N-ethyl adjacent to an activating group) is 2. The number of fused-ring (bicyclic) bond motifs is 2. The number of benzene rings is 2. The number of primary amides is 1. The Morgan fingerprint density at radius 2 is 1.91 bits per heavy atom. The molecule has 4 rings (SSSR count). The van der Waals surface area contributed by atoms with Gasteiger partial charge >= 0.3 is 0 Å². The van der Waals surface area contributed by atoms with E-state index in [4.69, 9.17) is 10.7 Å². The quantitative estimate of drug-likeness (QED) is 0.712. The van der Waals surface area contributed by atoms with Crippen molar-refractivity contribution in [2.24, 2.45) is 10.7 Å². The number of nitrogens with two attached hydrogens (primary N) is 1. The normalized spacial score (nSPS) is 16.9. The van der Waals surface area contributed by atoms with E-state index < -0.39 is 5.91 Å². The van der Waals surface area contributed by atoms with E-state index >= 15 is 0 Å². The number of aryl methyl sites for hydroxylation is 1. The molecule has 1 aliphatic carbocycles. The lowest BCUT2D eigenvalue weighted by molar-refractivity contribution is 0.0989. The Bertz CT molecular complexity index is 1100. The Labute approximate surface area is 190 Å². The van der Waals surface area contributed by atoms with Crippen molar-refractivity contribution in [1.82, 2.24) is 4.90 Å². The first-order valence-electron chi connectivity index (χ1n) is 11.4. The molecule has 2 aromatic rings. The molecule has 32 heavy (non-hydrogen) atoms. The lowest BCUT2D eigenvalue weighted by atomic mass is 9.81. The molecule has 0 saturated carbocycles. The van der Waals surface area contributed by atoms with Crippen molar-refractivity contribution >= 4 is 29.3 Å². The molecule has 1 heterocycles. The SMILES string of the molecule is CCC1CC=Nc2c(C(N)=O)c(N(C)CCN(C)C)cc(-c3ccc4c(c3)C(=O)CC4)c21. The molecule has 2 aliphatic rings. The average Bonchev–Trinajstić information content (AvgIpc) is 3.15. The van der Waals surface area contributed by atoms with E-state index in [2.05, 4.69) is 34.9 Å². The molecule has 0 radical (unpaired) electrons. The highest BCUT2D eigenvalue weighted by Gasteiger charge is 2.30. The van der Waals surface area contributed by atoms with Gasteiger partial charge in [0.05, 0.1) is 16.9 Å². The first-order valence-corrected chi connectivity index (χ1v) is 11.4. The number of ketones is 1. The largest absolute Gasteiger partial charge is 0.373 e. The van der Waals surface area contributed by atoms with Gasteiger partial charge in [-0.05, 0) is 73.7 Å². The lowest BCUT2D eigenvalue weighted by Crippen LogP contribution is -2.30. The minimum atomic E-state index is -0.461. The molecule has 168 valence electrons. The van der Waals surface area contributed by atoms with E-state index in [1.165, 1.54) is 0 Å². The Balaban J connectivity index is 1.96. The summed E-state index contributed by atoms with van der Waals surface area (Å²) in [5.41, 5.74) is 12.9. The van der Waals surface area contributed by atoms with Gasteiger partial charge in [-0.1, -0.05) is 19.1 Å². The molecule has 0 aromatic heterocycles. The summed E-state index contributed by atoms with van der Waals surface area (Å²) in [6.45, 7) is 3.75. The van der Waals surface area contributed by atoms with Crippen LogP contribution in [0.25, 0.3) is 11.1 Å². The van der Waals surface area contributed by atoms with Gasteiger partial charge in [0.1, 0.15) is 0 Å². The van der Waals surface area contributed by atoms with E-state index in [1.807, 2.05) is 33.4 Å². The summed E-state index contributed by atoms with van der Waals surface area (Å²) in [4.78, 5) is 33.9. The van der Waals surface area contributed by atoms with Gasteiger partial charge in [-0.25, -0.2) is 0 Å². The summed E-state index contributed by atoms with van der Waals surface area (Å²) in [5.74, 6) is -0.00362. The van der Waals surface area contributed by atoms with Gasteiger partial charge in [0.2, 0.25) is 0 Å². The van der Waals surface area contributed by atoms with Gasteiger partial charge in [-0.3, -0.25) is 14.6 Å². The molecular formula is C26H32N4O2. The predicted molar refractivity (Wildman–Crippen MR) is 131 cm³/mol. The van der Waals surface area contributed by atoms with E-state index in [9.17, 15) is 9.59 Å². The minimum absolute atomic E-state index is 0.206. The van der Waals surface area contributed by atoms with Gasteiger partial charge < -0.3 is 15.5 Å². The fourth-order valence-corrected chi connectivity index (χ4v) is 4.84. The number of nitrogens with zero attached hydrogens (tertiary/aromatic N) is 3. The van der Waals surface area contributed by atoms with Crippen molar-refractivity contribution in [3.63, 3.8) is 0 Å². The van der Waals surface area contributed by atoms with Crippen LogP contribution in [0.3, 0.4) is 0 Å². The van der Waals surface area contributed by atoms with Gasteiger partial charge in [0.15, 0.2) is 5.78 Å². The number of hydrogen-bond acceptors (Lipinski definition) is 5. The van der Waals surface area contributed by atoms with Crippen molar-refractivity contribution in [3.8, 4) is 11.1 Å². The van der Waals surface area contributed by atoms with Gasteiger partial charge in [-0.2, -0.15) is 0 Å². The molecule has 1 atom stereocenters. The van der Waals surface area contributed by atoms with Crippen molar-refractivity contribution < 1.29 is 9.59 Å². The molecule has 1 unspecified atom stereocenters. The molecule has 6 nitrogen and oxygen atoms in total. The molecular weight excluding hydrogens is 400 g/mol. The Morgan fingerprint density at radius 3 is 2.59 bits per heavy atom. The molecule has 0 fully saturated rings. The maximum Gasteiger partial charge on any atom is 0.253 e. The first-order chi connectivity index (χ1) is 15.3. The molecule has 0 bridgehead atoms. The van der Waals surface area contributed by atoms with Crippen LogP contribution in [0.15, 0.2) is 29.3 Å². The Kier molecular flexibility index (Phi) is 6.15. The van der Waals surface area contributed by atoms with E-state index in [-0.39, 0.29) is 11.7 Å². The third kappa shape index (κ3) is 3.95. The molecule has 2 N–H and O–H groups in total. The highest BCUT2D eigenvalue weighted by Crippen LogP contribution is 2.47. The topological polar surface area (TPSA) is 79.0 Å². The van der Waals surface area contributed by atoms with Crippen molar-refractivity contribution in [1.29, 1.82) is 0 Å². The number of Topliss-reactive ketones (excluding diaryl/α,β-unsaturated/α-hetero) is 1. The van der Waals surface area contributed by atoms with Gasteiger partial charge in [0, 0.05) is 38.3 Å². The summed E-state index contributed by atoms with van der Waals surface area (Å²) in [7, 11) is 6.04. The van der Waals surface area contributed by atoms with Crippen LogP contribution >= 0.6 is 0 Å². The zero-order valence-corrected chi connectivity index (χ0v) is 19.4. The molecule has 1 amide bonds. The number of hydrogen-bond donors (Lipinski definition) is 1. The smallest absolute Gasteiger partial charge is 0.253 e. The van der Waals surface area contributed by atoms with E-state index in [0.717, 1.165) is 65.9 Å². The second kappa shape index (κ2) is 8.87. The molecule has 0 saturated heterocycles. The number of anilines is 1. The highest BCUT2D eigenvalue weighted by atomic mass is 16.1. The zero-order chi connectivity index (χ0) is 23.0. The minimum Gasteiger partial charge on any atom is -0.373 e. The van der Waals surface area contributed by atoms with Crippen LogP contribution in [0.4, 0.5) is 11.4 Å². The molecule has 2 aromatic carbocycles. The third-order valence-electron chi connectivity index (χ3n) is 6.71. The van der Waals surface area contributed by atoms with Crippen LogP contribution < -0.4 is 10.6 Å². The van der Waals surface area contributed by atoms with Gasteiger partial charge in [-0.15, -0.1) is 0 Å². The summed E-state index contributed by atoms with van der Waals surface area (Å²) < 4.78 is 0. The predicted octanol–water partition coefficient (Wildman–Crippen LogP) is 4.18. The van der Waals surface area contributed by atoms with Crippen LogP contribution in [0, 0.1) is 0 Å². The van der Waals surface area contributed by atoms with Crippen molar-refractivity contribution in [2.75, 3.05) is 39.1 Å². The Hall–Kier alpha value is -2.99. The number of amides is 1. The monoisotopic (exact) mass is 432 g/mol. The van der Waals surface area contributed by atoms with Crippen LogP contribution in [0.2, 0.25) is 0 Å². The summed E-state index contributed by atoms with van der Waals surface area (Å²) >= 11 is 0. The number of rotatable bonds is 7. The van der Waals surface area contributed by atoms with E-state index in [1.54, 1.807) is 0 Å². The number of aliphatic imine (C=N–C) groups is 1. The lowest BCUT2D eigenvalue weighted by Gasteiger charge is -2.30. The van der Waals surface area contributed by atoms with Crippen LogP contribution in [0.5, 0.6) is 0 Å². The van der Waals surface area contributed by atoms with E-state index in [0.29, 0.717) is 17.7 Å². The maximum absolute atomic E-state index is 12.6. The molecule has 0 spiro atoms. The van der Waals surface area contributed by atoms with Crippen molar-refractivity contribution in [2.45, 2.75) is 38.5 Å². The maximum atomic E-state index is 12.6. The Morgan fingerprint density at radius 1 is 1.12 bits per heavy atom. The second-order valence-corrected chi connectivity index (χ2v) is 9.12. The summed E-state index contributed by atoms with van der Waals surface area (Å²) in [6, 6.07) is 8.29. The summed E-state index contributed by atoms with van der Waals surface area (Å²) in [5, 5.41) is 0. The molecule has 1 aliphatic heterocycles. The zero-order valence-electron chi connectivity index (χ0n) is 19.4. The average molecular weight is 433 g/mol. The number of carbonyl (C=O) groups excluding carboxylic acids is 2. The van der Waals surface area contributed by atoms with Crippen LogP contribution in [-0.4, -0.2) is 57.0 Å². The standard InChI is InChI=1S/C26H32N4O2/c1-5-16-10-11-28-25-23(16)20(18-7-6-17-8-9-22(31)19(17)14-18)15-21(24(25)26(27)32)30(4)13-12-29(2)3/h6-7,11,14-16H,5,8-10,12-13H2,1-4H3,(H2,27,32). The second-order valence-electron chi connectivity index (χ2n) is 9.12. The fourth-order valence-electron chi connectivity index (χ4n) is 4.84.